The molecule has 0 radical (unpaired) electrons. The predicted octanol–water partition coefficient (Wildman–Crippen LogP) is 0.537. The van der Waals surface area contributed by atoms with E-state index in [2.05, 4.69) is 17.0 Å². The highest BCUT2D eigenvalue weighted by molar-refractivity contribution is 5.85. The summed E-state index contributed by atoms with van der Waals surface area (Å²) >= 11 is 0. The van der Waals surface area contributed by atoms with Gasteiger partial charge in [0, 0.05) is 25.2 Å². The Morgan fingerprint density at radius 2 is 2.33 bits per heavy atom. The minimum Gasteiger partial charge on any atom is -0.476 e. The van der Waals surface area contributed by atoms with Crippen LogP contribution < -0.4 is 0 Å². The van der Waals surface area contributed by atoms with Crippen molar-refractivity contribution in [1.82, 2.24) is 14.7 Å². The summed E-state index contributed by atoms with van der Waals surface area (Å²) in [5.74, 6) is -0.538. The molecule has 0 saturated carbocycles. The number of aromatic nitrogens is 2. The van der Waals surface area contributed by atoms with Crippen molar-refractivity contribution in [2.75, 3.05) is 20.1 Å². The summed E-state index contributed by atoms with van der Waals surface area (Å²) in [6.07, 6.45) is 1.08. The average Bonchev–Trinajstić information content (AvgIpc) is 2.71. The first kappa shape index (κ1) is 10.2. The number of likely N-dealkylation sites (tertiary alicyclic amines) is 1. The predicted molar refractivity (Wildman–Crippen MR) is 55.0 cm³/mol. The Kier molecular flexibility index (Phi) is 2.48. The number of carbonyl (C=O) groups is 1. The van der Waals surface area contributed by atoms with E-state index in [0.717, 1.165) is 25.2 Å². The molecule has 1 N–H and O–H groups in total. The van der Waals surface area contributed by atoms with Crippen LogP contribution in [0.1, 0.15) is 28.5 Å². The first-order valence-electron chi connectivity index (χ1n) is 5.03. The fourth-order valence-corrected chi connectivity index (χ4v) is 2.14. The molecular formula is C10H15N3O2. The summed E-state index contributed by atoms with van der Waals surface area (Å²) in [5, 5.41) is 12.8. The van der Waals surface area contributed by atoms with Crippen molar-refractivity contribution in [3.63, 3.8) is 0 Å². The smallest absolute Gasteiger partial charge is 0.356 e. The number of nitrogens with zero attached hydrogens (tertiary/aromatic N) is 3. The van der Waals surface area contributed by atoms with Crippen LogP contribution in [0.5, 0.6) is 0 Å². The number of carboxylic acid groups (broad SMARTS) is 1. The molecule has 1 aromatic rings. The lowest BCUT2D eigenvalue weighted by Gasteiger charge is -2.10. The van der Waals surface area contributed by atoms with Crippen LogP contribution in [0.2, 0.25) is 0 Å². The van der Waals surface area contributed by atoms with Crippen LogP contribution in [-0.2, 0) is 7.05 Å². The second kappa shape index (κ2) is 3.66. The third-order valence-electron chi connectivity index (χ3n) is 2.94. The molecule has 0 bridgehead atoms. The van der Waals surface area contributed by atoms with Crippen LogP contribution in [0.3, 0.4) is 0 Å². The quantitative estimate of drug-likeness (QED) is 0.772. The maximum atomic E-state index is 10.8. The minimum atomic E-state index is -0.955. The van der Waals surface area contributed by atoms with Crippen molar-refractivity contribution < 1.29 is 9.90 Å². The Morgan fingerprint density at radius 3 is 2.80 bits per heavy atom. The summed E-state index contributed by atoms with van der Waals surface area (Å²) in [6, 6.07) is 1.69. The van der Waals surface area contributed by atoms with Crippen molar-refractivity contribution in [2.24, 2.45) is 7.05 Å². The highest BCUT2D eigenvalue weighted by Gasteiger charge is 2.25. The Balaban J connectivity index is 2.24. The van der Waals surface area contributed by atoms with E-state index in [4.69, 9.17) is 5.11 Å². The third kappa shape index (κ3) is 1.87. The van der Waals surface area contributed by atoms with Gasteiger partial charge >= 0.3 is 5.97 Å². The highest BCUT2D eigenvalue weighted by Crippen LogP contribution is 2.26. The molecule has 82 valence electrons. The van der Waals surface area contributed by atoms with Crippen molar-refractivity contribution in [3.05, 3.63) is 17.5 Å². The molecule has 5 nitrogen and oxygen atoms in total. The third-order valence-corrected chi connectivity index (χ3v) is 2.94. The van der Waals surface area contributed by atoms with Crippen LogP contribution >= 0.6 is 0 Å². The van der Waals surface area contributed by atoms with Crippen molar-refractivity contribution in [3.8, 4) is 0 Å². The van der Waals surface area contributed by atoms with Crippen molar-refractivity contribution >= 4 is 5.97 Å². The van der Waals surface area contributed by atoms with E-state index in [9.17, 15) is 4.79 Å². The van der Waals surface area contributed by atoms with Crippen LogP contribution in [0.25, 0.3) is 0 Å². The summed E-state index contributed by atoms with van der Waals surface area (Å²) < 4.78 is 1.69. The van der Waals surface area contributed by atoms with Gasteiger partial charge in [-0.3, -0.25) is 4.68 Å². The van der Waals surface area contributed by atoms with E-state index in [1.54, 1.807) is 17.8 Å². The monoisotopic (exact) mass is 209 g/mol. The number of hydrogen-bond donors (Lipinski definition) is 1. The first-order chi connectivity index (χ1) is 7.08. The van der Waals surface area contributed by atoms with E-state index >= 15 is 0 Å². The molecule has 1 unspecified atom stereocenters. The minimum absolute atomic E-state index is 0.141. The van der Waals surface area contributed by atoms with Gasteiger partial charge in [0.1, 0.15) is 0 Å². The van der Waals surface area contributed by atoms with Crippen LogP contribution in [0.4, 0.5) is 0 Å². The molecule has 1 atom stereocenters. The van der Waals surface area contributed by atoms with Gasteiger partial charge in [-0.2, -0.15) is 5.10 Å². The van der Waals surface area contributed by atoms with E-state index in [1.165, 1.54) is 0 Å². The summed E-state index contributed by atoms with van der Waals surface area (Å²) in [5.41, 5.74) is 1.17. The molecule has 0 aliphatic carbocycles. The van der Waals surface area contributed by atoms with Gasteiger partial charge in [-0.15, -0.1) is 0 Å². The molecular weight excluding hydrogens is 194 g/mol. The Bertz CT molecular complexity index is 386. The highest BCUT2D eigenvalue weighted by atomic mass is 16.4. The molecule has 1 aliphatic rings. The largest absolute Gasteiger partial charge is 0.476 e. The standard InChI is InChI=1S/C10H15N3O2/c1-12-4-3-7(6-12)9-5-8(10(14)15)11-13(9)2/h5,7H,3-4,6H2,1-2H3,(H,14,15). The molecule has 5 heteroatoms. The number of hydrogen-bond acceptors (Lipinski definition) is 3. The molecule has 2 heterocycles. The Labute approximate surface area is 88.3 Å². The molecule has 1 aliphatic heterocycles. The topological polar surface area (TPSA) is 58.4 Å². The van der Waals surface area contributed by atoms with Crippen molar-refractivity contribution in [1.29, 1.82) is 0 Å². The Hall–Kier alpha value is -1.36. The molecule has 1 saturated heterocycles. The second-order valence-electron chi connectivity index (χ2n) is 4.13. The maximum absolute atomic E-state index is 10.8. The molecule has 2 rings (SSSR count). The van der Waals surface area contributed by atoms with Gasteiger partial charge in [0.25, 0.3) is 0 Å². The molecule has 1 aromatic heterocycles. The molecule has 0 aromatic carbocycles. The van der Waals surface area contributed by atoms with Gasteiger partial charge in [0.15, 0.2) is 5.69 Å². The zero-order valence-corrected chi connectivity index (χ0v) is 8.97. The zero-order valence-electron chi connectivity index (χ0n) is 8.97. The SMILES string of the molecule is CN1CCC(c2cc(C(=O)O)nn2C)C1. The lowest BCUT2D eigenvalue weighted by Crippen LogP contribution is -2.14. The van der Waals surface area contributed by atoms with Gasteiger partial charge in [-0.25, -0.2) is 4.79 Å². The number of aryl methyl sites for hydroxylation is 1. The molecule has 0 amide bonds. The fourth-order valence-electron chi connectivity index (χ4n) is 2.14. The lowest BCUT2D eigenvalue weighted by atomic mass is 10.0. The number of rotatable bonds is 2. The molecule has 0 spiro atoms. The zero-order chi connectivity index (χ0) is 11.0. The van der Waals surface area contributed by atoms with E-state index in [1.807, 2.05) is 0 Å². The molecule has 15 heavy (non-hydrogen) atoms. The van der Waals surface area contributed by atoms with Gasteiger partial charge < -0.3 is 10.0 Å². The maximum Gasteiger partial charge on any atom is 0.356 e. The van der Waals surface area contributed by atoms with Crippen LogP contribution in [0.15, 0.2) is 6.07 Å². The van der Waals surface area contributed by atoms with Gasteiger partial charge in [0.2, 0.25) is 0 Å². The van der Waals surface area contributed by atoms with E-state index in [0.29, 0.717) is 5.92 Å². The summed E-state index contributed by atoms with van der Waals surface area (Å²) in [4.78, 5) is 13.0. The first-order valence-corrected chi connectivity index (χ1v) is 5.03. The molecule has 1 fully saturated rings. The van der Waals surface area contributed by atoms with E-state index < -0.39 is 5.97 Å². The van der Waals surface area contributed by atoms with Crippen LogP contribution in [-0.4, -0.2) is 45.9 Å². The summed E-state index contributed by atoms with van der Waals surface area (Å²) in [7, 11) is 3.88. The second-order valence-corrected chi connectivity index (χ2v) is 4.13. The fraction of sp³-hybridized carbons (Fsp3) is 0.600. The van der Waals surface area contributed by atoms with Gasteiger partial charge in [0.05, 0.1) is 0 Å². The van der Waals surface area contributed by atoms with Gasteiger partial charge in [-0.1, -0.05) is 0 Å². The van der Waals surface area contributed by atoms with Crippen LogP contribution in [0, 0.1) is 0 Å². The number of carboxylic acids is 1. The number of likely N-dealkylation sites (N-methyl/N-ethyl adjacent to an activating group) is 1. The normalized spacial score (nSPS) is 22.1. The van der Waals surface area contributed by atoms with Crippen molar-refractivity contribution in [2.45, 2.75) is 12.3 Å². The summed E-state index contributed by atoms with van der Waals surface area (Å²) in [6.45, 7) is 2.05. The lowest BCUT2D eigenvalue weighted by molar-refractivity contribution is 0.0689. The van der Waals surface area contributed by atoms with E-state index in [-0.39, 0.29) is 5.69 Å². The Morgan fingerprint density at radius 1 is 1.60 bits per heavy atom. The van der Waals surface area contributed by atoms with Gasteiger partial charge in [-0.05, 0) is 26.1 Å². The number of aromatic carboxylic acids is 1. The average molecular weight is 209 g/mol.